The van der Waals surface area contributed by atoms with E-state index in [-0.39, 0.29) is 0 Å². The number of halogens is 2. The quantitative estimate of drug-likeness (QED) is 0.123. The van der Waals surface area contributed by atoms with E-state index in [1.165, 1.54) is 119 Å². The molecule has 0 amide bonds. The van der Waals surface area contributed by atoms with Gasteiger partial charge < -0.3 is 0 Å². The third-order valence-electron chi connectivity index (χ3n) is 10.4. The van der Waals surface area contributed by atoms with Crippen molar-refractivity contribution >= 4 is 48.1 Å². The molecule has 6 aromatic carbocycles. The van der Waals surface area contributed by atoms with Crippen LogP contribution in [0.3, 0.4) is 0 Å². The van der Waals surface area contributed by atoms with Gasteiger partial charge in [0, 0.05) is 9.52 Å². The fourth-order valence-corrected chi connectivity index (χ4v) is 7.83. The van der Waals surface area contributed by atoms with Crippen LogP contribution in [0.15, 0.2) is 109 Å². The van der Waals surface area contributed by atoms with Crippen molar-refractivity contribution in [2.75, 3.05) is 0 Å². The molecule has 0 heterocycles. The molecule has 4 heteroatoms. The van der Waals surface area contributed by atoms with E-state index in [0.29, 0.717) is 0 Å². The Morgan fingerprint density at radius 2 is 0.880 bits per heavy atom. The van der Waals surface area contributed by atoms with Crippen molar-refractivity contribution in [3.63, 3.8) is 0 Å². The van der Waals surface area contributed by atoms with Crippen LogP contribution < -0.4 is 0 Å². The number of hydrogen-bond donors (Lipinski definition) is 0. The second-order valence-electron chi connectivity index (χ2n) is 14.2. The Morgan fingerprint density at radius 1 is 0.540 bits per heavy atom. The van der Waals surface area contributed by atoms with E-state index in [1.54, 1.807) is 11.1 Å². The van der Waals surface area contributed by atoms with Gasteiger partial charge >= 0.3 is 37.9 Å². The molecular weight excluding hydrogens is 743 g/mol. The fourth-order valence-electron chi connectivity index (χ4n) is 7.83. The summed E-state index contributed by atoms with van der Waals surface area (Å²) in [6, 6.07) is 41.0. The van der Waals surface area contributed by atoms with Gasteiger partial charge in [-0.1, -0.05) is 135 Å². The summed E-state index contributed by atoms with van der Waals surface area (Å²) in [4.78, 5) is 0. The van der Waals surface area contributed by atoms with E-state index in [1.807, 2.05) is 0 Å². The molecule has 0 N–H and O–H groups in total. The number of fused-ring (bicyclic) bond motifs is 2. The minimum atomic E-state index is -0.826. The maximum absolute atomic E-state index is 4.93. The topological polar surface area (TPSA) is 0 Å². The SMILES string of the molecule is C[Si]C.Cc1ccc(-c2cccc3[cH-]c(C4CCCCC4)cc23)cc1.Cc1ccc(-c2cccc3[cH-]c(C4CCCCC4)cc23)cc1.[Cl][Zr+2][Cl]. The molecule has 8 rings (SSSR count). The Kier molecular flexibility index (Phi) is 15.7. The number of benzene rings is 4. The van der Waals surface area contributed by atoms with E-state index >= 15 is 0 Å². The third kappa shape index (κ3) is 10.4. The molecule has 6 aromatic rings. The first-order valence-electron chi connectivity index (χ1n) is 18.5. The summed E-state index contributed by atoms with van der Waals surface area (Å²) in [6.45, 7) is 8.60. The van der Waals surface area contributed by atoms with Crippen LogP contribution in [0.25, 0.3) is 43.8 Å². The zero-order valence-corrected chi connectivity index (χ0v) is 35.3. The predicted molar refractivity (Wildman–Crippen MR) is 220 cm³/mol. The minimum absolute atomic E-state index is 0.784. The summed E-state index contributed by atoms with van der Waals surface area (Å²) in [5.74, 6) is 1.57. The van der Waals surface area contributed by atoms with Gasteiger partial charge in [-0.15, -0.1) is 69.1 Å². The molecule has 0 aromatic heterocycles. The van der Waals surface area contributed by atoms with Gasteiger partial charge in [-0.05, 0) is 62.5 Å². The molecule has 2 aliphatic rings. The Bertz CT molecular complexity index is 1730. The molecule has 0 unspecified atom stereocenters. The third-order valence-corrected chi connectivity index (χ3v) is 10.4. The van der Waals surface area contributed by atoms with E-state index in [0.717, 1.165) is 21.4 Å². The Morgan fingerprint density at radius 3 is 1.22 bits per heavy atom. The van der Waals surface area contributed by atoms with Crippen molar-refractivity contribution in [3.05, 3.63) is 131 Å². The summed E-state index contributed by atoms with van der Waals surface area (Å²) in [7, 11) is 11.0. The predicted octanol–water partition coefficient (Wildman–Crippen LogP) is 15.3. The van der Waals surface area contributed by atoms with Gasteiger partial charge in [0.1, 0.15) is 0 Å². The molecule has 2 saturated carbocycles. The van der Waals surface area contributed by atoms with E-state index in [4.69, 9.17) is 17.0 Å². The van der Waals surface area contributed by atoms with Gasteiger partial charge in [-0.2, -0.15) is 12.1 Å². The first kappa shape index (κ1) is 39.0. The van der Waals surface area contributed by atoms with E-state index < -0.39 is 20.8 Å². The molecule has 50 heavy (non-hydrogen) atoms. The molecule has 2 radical (unpaired) electrons. The normalized spacial score (nSPS) is 14.8. The molecule has 258 valence electrons. The number of hydrogen-bond acceptors (Lipinski definition) is 0. The van der Waals surface area contributed by atoms with Crippen molar-refractivity contribution in [2.45, 2.75) is 103 Å². The van der Waals surface area contributed by atoms with Gasteiger partial charge in [0.2, 0.25) is 0 Å². The van der Waals surface area contributed by atoms with Gasteiger partial charge in [0.05, 0.1) is 0 Å². The first-order valence-corrected chi connectivity index (χ1v) is 26.9. The molecule has 0 bridgehead atoms. The van der Waals surface area contributed by atoms with Crippen LogP contribution in [-0.4, -0.2) is 9.52 Å². The zero-order chi connectivity index (χ0) is 35.3. The first-order chi connectivity index (χ1) is 24.4. The fraction of sp³-hybridized carbons (Fsp3) is 0.348. The Labute approximate surface area is 323 Å². The van der Waals surface area contributed by atoms with Gasteiger partial charge in [0.15, 0.2) is 0 Å². The van der Waals surface area contributed by atoms with Crippen LogP contribution in [0, 0.1) is 13.8 Å². The van der Waals surface area contributed by atoms with Gasteiger partial charge in [-0.25, -0.2) is 0 Å². The van der Waals surface area contributed by atoms with Crippen LogP contribution in [0.5, 0.6) is 0 Å². The van der Waals surface area contributed by atoms with Crippen LogP contribution in [0.2, 0.25) is 13.1 Å². The standard InChI is InChI=1S/2C22H23.C2H6Si.2ClH.Zr/c2*1-16-10-12-18(13-11-16)21-9-5-8-19-14-20(15-22(19)21)17-6-3-2-4-7-17;1-3-2;;;/h2*5,8-15,17H,2-4,6-7H2,1H3;1-2H3;2*1H;/q2*-1;;;;+4/p-2. The Balaban J connectivity index is 0.000000168. The average molecular weight is 795 g/mol. The van der Waals surface area contributed by atoms with Crippen molar-refractivity contribution < 1.29 is 20.8 Å². The molecular formula is C46H52Cl2SiZr. The number of rotatable bonds is 4. The molecule has 0 spiro atoms. The van der Waals surface area contributed by atoms with Crippen molar-refractivity contribution in [2.24, 2.45) is 0 Å². The van der Waals surface area contributed by atoms with Gasteiger partial charge in [0.25, 0.3) is 0 Å². The summed E-state index contributed by atoms with van der Waals surface area (Å²) < 4.78 is 0. The monoisotopic (exact) mass is 792 g/mol. The molecule has 0 nitrogen and oxygen atoms in total. The maximum atomic E-state index is 4.93. The molecule has 0 atom stereocenters. The number of aryl methyl sites for hydroxylation is 2. The van der Waals surface area contributed by atoms with E-state index in [9.17, 15) is 0 Å². The summed E-state index contributed by atoms with van der Waals surface area (Å²) >= 11 is -0.826. The second-order valence-corrected chi connectivity index (χ2v) is 18.9. The van der Waals surface area contributed by atoms with Crippen molar-refractivity contribution in [1.29, 1.82) is 0 Å². The van der Waals surface area contributed by atoms with Crippen LogP contribution in [0.1, 0.15) is 98.3 Å². The zero-order valence-electron chi connectivity index (χ0n) is 30.4. The van der Waals surface area contributed by atoms with Crippen LogP contribution in [-0.2, 0) is 20.8 Å². The Hall–Kier alpha value is -2.22. The van der Waals surface area contributed by atoms with Crippen LogP contribution >= 0.6 is 17.0 Å². The summed E-state index contributed by atoms with van der Waals surface area (Å²) in [5.41, 5.74) is 11.2. The molecule has 0 saturated heterocycles. The molecule has 2 aliphatic carbocycles. The van der Waals surface area contributed by atoms with Crippen molar-refractivity contribution in [1.82, 2.24) is 0 Å². The average Bonchev–Trinajstić information content (AvgIpc) is 3.80. The molecule has 0 aliphatic heterocycles. The summed E-state index contributed by atoms with van der Waals surface area (Å²) in [6.07, 6.45) is 13.9. The van der Waals surface area contributed by atoms with Gasteiger partial charge in [-0.3, -0.25) is 0 Å². The summed E-state index contributed by atoms with van der Waals surface area (Å²) in [5, 5.41) is 5.65. The second kappa shape index (κ2) is 20.1. The van der Waals surface area contributed by atoms with Crippen molar-refractivity contribution in [3.8, 4) is 22.3 Å². The molecule has 2 fully saturated rings. The van der Waals surface area contributed by atoms with Crippen LogP contribution in [0.4, 0.5) is 0 Å². The van der Waals surface area contributed by atoms with E-state index in [2.05, 4.69) is 136 Å².